The summed E-state index contributed by atoms with van der Waals surface area (Å²) in [6.07, 6.45) is 5.09. The molecule has 0 saturated carbocycles. The summed E-state index contributed by atoms with van der Waals surface area (Å²) in [7, 11) is 0. The van der Waals surface area contributed by atoms with Crippen LogP contribution in [0.15, 0.2) is 30.6 Å². The van der Waals surface area contributed by atoms with E-state index in [1.165, 1.54) is 0 Å². The van der Waals surface area contributed by atoms with Gasteiger partial charge in [0.25, 0.3) is 0 Å². The van der Waals surface area contributed by atoms with Crippen molar-refractivity contribution in [2.75, 3.05) is 0 Å². The van der Waals surface area contributed by atoms with Crippen molar-refractivity contribution in [3.8, 4) is 0 Å². The summed E-state index contributed by atoms with van der Waals surface area (Å²) < 4.78 is 1.69. The third-order valence-corrected chi connectivity index (χ3v) is 2.64. The summed E-state index contributed by atoms with van der Waals surface area (Å²) >= 11 is 0. The summed E-state index contributed by atoms with van der Waals surface area (Å²) in [5, 5.41) is 9.03. The third kappa shape index (κ3) is 1.01. The monoisotopic (exact) mass is 200 g/mol. The highest BCUT2D eigenvalue weighted by Crippen LogP contribution is 2.28. The number of aromatic nitrogens is 2. The Labute approximate surface area is 85.5 Å². The topological polar surface area (TPSA) is 55.1 Å². The maximum atomic E-state index is 11.0. The van der Waals surface area contributed by atoms with E-state index in [0.717, 1.165) is 16.6 Å². The van der Waals surface area contributed by atoms with Gasteiger partial charge >= 0.3 is 5.97 Å². The Balaban J connectivity index is 2.36. The van der Waals surface area contributed by atoms with Gasteiger partial charge < -0.3 is 9.67 Å². The van der Waals surface area contributed by atoms with Gasteiger partial charge in [0, 0.05) is 5.56 Å². The lowest BCUT2D eigenvalue weighted by Gasteiger charge is -2.16. The molecule has 3 rings (SSSR count). The zero-order valence-corrected chi connectivity index (χ0v) is 7.79. The van der Waals surface area contributed by atoms with Gasteiger partial charge in [0.15, 0.2) is 6.04 Å². The van der Waals surface area contributed by atoms with E-state index < -0.39 is 12.0 Å². The first-order valence-corrected chi connectivity index (χ1v) is 4.64. The molecule has 0 bridgehead atoms. The van der Waals surface area contributed by atoms with Gasteiger partial charge in [0.1, 0.15) is 0 Å². The van der Waals surface area contributed by atoms with Crippen molar-refractivity contribution in [1.29, 1.82) is 0 Å². The molecule has 4 heteroatoms. The van der Waals surface area contributed by atoms with E-state index in [1.54, 1.807) is 17.0 Å². The van der Waals surface area contributed by atoms with Crippen LogP contribution in [0.1, 0.15) is 11.6 Å². The number of nitrogens with zero attached hydrogens (tertiary/aromatic N) is 2. The highest BCUT2D eigenvalue weighted by molar-refractivity contribution is 5.90. The molecule has 0 aliphatic carbocycles. The van der Waals surface area contributed by atoms with E-state index in [9.17, 15) is 4.79 Å². The van der Waals surface area contributed by atoms with Crippen LogP contribution in [0.4, 0.5) is 0 Å². The molecule has 1 atom stereocenters. The van der Waals surface area contributed by atoms with E-state index in [2.05, 4.69) is 4.98 Å². The predicted octanol–water partition coefficient (Wildman–Crippen LogP) is 1.69. The van der Waals surface area contributed by atoms with Gasteiger partial charge in [-0.1, -0.05) is 18.2 Å². The molecule has 1 N–H and O–H groups in total. The summed E-state index contributed by atoms with van der Waals surface area (Å²) in [5.41, 5.74) is 2.75. The van der Waals surface area contributed by atoms with Crippen molar-refractivity contribution >= 4 is 23.1 Å². The highest BCUT2D eigenvalue weighted by atomic mass is 16.4. The smallest absolute Gasteiger partial charge is 0.330 e. The molecule has 1 aliphatic rings. The van der Waals surface area contributed by atoms with Crippen molar-refractivity contribution in [2.24, 2.45) is 0 Å². The summed E-state index contributed by atoms with van der Waals surface area (Å²) in [6, 6.07) is 5.12. The van der Waals surface area contributed by atoms with Crippen LogP contribution < -0.4 is 0 Å². The fourth-order valence-corrected chi connectivity index (χ4v) is 1.95. The fourth-order valence-electron chi connectivity index (χ4n) is 1.95. The Kier molecular flexibility index (Phi) is 1.48. The molecular weight excluding hydrogens is 192 g/mol. The Morgan fingerprint density at radius 1 is 1.47 bits per heavy atom. The number of carboxylic acids is 1. The third-order valence-electron chi connectivity index (χ3n) is 2.64. The Hall–Kier alpha value is -2.10. The van der Waals surface area contributed by atoms with Gasteiger partial charge in [-0.05, 0) is 12.1 Å². The minimum atomic E-state index is -0.861. The largest absolute Gasteiger partial charge is 0.479 e. The molecule has 0 saturated heterocycles. The SMILES string of the molecule is O=C(O)C1C=Cc2cccc3ncn1c23. The van der Waals surface area contributed by atoms with Crippen LogP contribution in [-0.4, -0.2) is 20.6 Å². The van der Waals surface area contributed by atoms with Gasteiger partial charge in [0.2, 0.25) is 0 Å². The zero-order chi connectivity index (χ0) is 10.4. The molecule has 1 aliphatic heterocycles. The second-order valence-electron chi connectivity index (χ2n) is 3.51. The van der Waals surface area contributed by atoms with Gasteiger partial charge in [0.05, 0.1) is 17.4 Å². The summed E-state index contributed by atoms with van der Waals surface area (Å²) in [6.45, 7) is 0. The van der Waals surface area contributed by atoms with Crippen LogP contribution in [0.25, 0.3) is 17.1 Å². The average Bonchev–Trinajstić information content (AvgIpc) is 2.65. The molecule has 2 heterocycles. The molecule has 1 unspecified atom stereocenters. The molecule has 74 valence electrons. The van der Waals surface area contributed by atoms with Crippen molar-refractivity contribution in [3.05, 3.63) is 36.2 Å². The van der Waals surface area contributed by atoms with Crippen LogP contribution in [0.5, 0.6) is 0 Å². The standard InChI is InChI=1S/C11H8N2O2/c14-11(15)9-5-4-7-2-1-3-8-10(7)13(9)6-12-8/h1-6,9H,(H,14,15). The van der Waals surface area contributed by atoms with Gasteiger partial charge in [-0.3, -0.25) is 0 Å². The van der Waals surface area contributed by atoms with E-state index in [1.807, 2.05) is 24.3 Å². The van der Waals surface area contributed by atoms with Crippen LogP contribution in [-0.2, 0) is 4.79 Å². The molecule has 15 heavy (non-hydrogen) atoms. The fraction of sp³-hybridized carbons (Fsp3) is 0.0909. The van der Waals surface area contributed by atoms with Gasteiger partial charge in [-0.15, -0.1) is 0 Å². The lowest BCUT2D eigenvalue weighted by atomic mass is 10.1. The minimum Gasteiger partial charge on any atom is -0.479 e. The second-order valence-corrected chi connectivity index (χ2v) is 3.51. The maximum Gasteiger partial charge on any atom is 0.330 e. The summed E-state index contributed by atoms with van der Waals surface area (Å²) in [4.78, 5) is 15.2. The number of carbonyl (C=O) groups is 1. The lowest BCUT2D eigenvalue weighted by Crippen LogP contribution is -2.18. The number of rotatable bonds is 1. The normalized spacial score (nSPS) is 18.3. The summed E-state index contributed by atoms with van der Waals surface area (Å²) in [5.74, 6) is -0.861. The Morgan fingerprint density at radius 2 is 2.33 bits per heavy atom. The van der Waals surface area contributed by atoms with Gasteiger partial charge in [-0.2, -0.15) is 0 Å². The van der Waals surface area contributed by atoms with E-state index in [0.29, 0.717) is 0 Å². The number of aliphatic carboxylic acids is 1. The molecule has 0 amide bonds. The first kappa shape index (κ1) is 8.23. The number of carboxylic acid groups (broad SMARTS) is 1. The van der Waals surface area contributed by atoms with Crippen molar-refractivity contribution in [2.45, 2.75) is 6.04 Å². The molecule has 1 aromatic carbocycles. The van der Waals surface area contributed by atoms with Gasteiger partial charge in [-0.25, -0.2) is 9.78 Å². The minimum absolute atomic E-state index is 0.634. The Morgan fingerprint density at radius 3 is 3.13 bits per heavy atom. The zero-order valence-electron chi connectivity index (χ0n) is 7.79. The van der Waals surface area contributed by atoms with Crippen molar-refractivity contribution in [1.82, 2.24) is 9.55 Å². The average molecular weight is 200 g/mol. The van der Waals surface area contributed by atoms with E-state index in [4.69, 9.17) is 5.11 Å². The number of hydrogen-bond acceptors (Lipinski definition) is 2. The van der Waals surface area contributed by atoms with Crippen molar-refractivity contribution < 1.29 is 9.90 Å². The number of benzene rings is 1. The quantitative estimate of drug-likeness (QED) is 0.762. The molecular formula is C11H8N2O2. The lowest BCUT2D eigenvalue weighted by molar-refractivity contribution is -0.139. The first-order chi connectivity index (χ1) is 7.27. The molecule has 4 nitrogen and oxygen atoms in total. The van der Waals surface area contributed by atoms with Crippen LogP contribution in [0.2, 0.25) is 0 Å². The first-order valence-electron chi connectivity index (χ1n) is 4.64. The molecule has 1 aromatic heterocycles. The van der Waals surface area contributed by atoms with Crippen molar-refractivity contribution in [3.63, 3.8) is 0 Å². The predicted molar refractivity (Wildman–Crippen MR) is 55.4 cm³/mol. The van der Waals surface area contributed by atoms with Crippen LogP contribution >= 0.6 is 0 Å². The highest BCUT2D eigenvalue weighted by Gasteiger charge is 2.22. The number of para-hydroxylation sites is 1. The second kappa shape index (κ2) is 2.70. The molecule has 0 spiro atoms. The Bertz CT molecular complexity index is 583. The molecule has 0 radical (unpaired) electrons. The number of imidazole rings is 1. The maximum absolute atomic E-state index is 11.0. The van der Waals surface area contributed by atoms with Crippen LogP contribution in [0, 0.1) is 0 Å². The number of hydrogen-bond donors (Lipinski definition) is 1. The van der Waals surface area contributed by atoms with E-state index in [-0.39, 0.29) is 0 Å². The molecule has 0 fully saturated rings. The molecule has 2 aromatic rings. The van der Waals surface area contributed by atoms with E-state index >= 15 is 0 Å². The van der Waals surface area contributed by atoms with Crippen LogP contribution in [0.3, 0.4) is 0 Å².